The van der Waals surface area contributed by atoms with Gasteiger partial charge in [-0.3, -0.25) is 4.21 Å². The van der Waals surface area contributed by atoms with E-state index in [-0.39, 0.29) is 19.1 Å². The van der Waals surface area contributed by atoms with Crippen molar-refractivity contribution in [1.29, 1.82) is 0 Å². The van der Waals surface area contributed by atoms with Crippen molar-refractivity contribution >= 4 is 22.8 Å². The summed E-state index contributed by atoms with van der Waals surface area (Å²) in [5.74, 6) is -0.600. The van der Waals surface area contributed by atoms with Gasteiger partial charge in [0.25, 0.3) is 0 Å². The summed E-state index contributed by atoms with van der Waals surface area (Å²) in [7, 11) is -0.906. The minimum atomic E-state index is -1.34. The van der Waals surface area contributed by atoms with Gasteiger partial charge in [-0.25, -0.2) is 9.59 Å². The zero-order chi connectivity index (χ0) is 14.5. The van der Waals surface area contributed by atoms with Gasteiger partial charge in [-0.2, -0.15) is 0 Å². The van der Waals surface area contributed by atoms with Crippen LogP contribution in [-0.2, 0) is 20.3 Å². The Labute approximate surface area is 114 Å². The van der Waals surface area contributed by atoms with Crippen molar-refractivity contribution in [3.63, 3.8) is 0 Å². The highest BCUT2D eigenvalue weighted by atomic mass is 32.2. The van der Waals surface area contributed by atoms with E-state index >= 15 is 0 Å². The first kappa shape index (κ1) is 15.9. The number of rotatable bonds is 6. The van der Waals surface area contributed by atoms with Crippen LogP contribution in [-0.4, -0.2) is 58.1 Å². The molecule has 0 aromatic rings. The van der Waals surface area contributed by atoms with Crippen LogP contribution in [0.3, 0.4) is 0 Å². The molecule has 0 aromatic heterocycles. The van der Waals surface area contributed by atoms with Crippen molar-refractivity contribution in [3.05, 3.63) is 0 Å². The van der Waals surface area contributed by atoms with Gasteiger partial charge in [-0.1, -0.05) is 0 Å². The molecule has 3 unspecified atom stereocenters. The number of carbonyl (C=O) groups excluding carboxylic acids is 1. The Morgan fingerprint density at radius 2 is 2.21 bits per heavy atom. The van der Waals surface area contributed by atoms with Crippen molar-refractivity contribution in [1.82, 2.24) is 10.6 Å². The second-order valence-electron chi connectivity index (χ2n) is 4.76. The summed E-state index contributed by atoms with van der Waals surface area (Å²) >= 11 is 0. The van der Waals surface area contributed by atoms with E-state index in [1.807, 2.05) is 0 Å². The average molecular weight is 292 g/mol. The van der Waals surface area contributed by atoms with Crippen LogP contribution in [0.25, 0.3) is 0 Å². The maximum absolute atomic E-state index is 11.7. The lowest BCUT2D eigenvalue weighted by molar-refractivity contribution is -0.144. The van der Waals surface area contributed by atoms with Gasteiger partial charge >= 0.3 is 12.0 Å². The minimum Gasteiger partial charge on any atom is -0.479 e. The first-order valence-corrected chi connectivity index (χ1v) is 7.78. The van der Waals surface area contributed by atoms with Gasteiger partial charge in [0.05, 0.1) is 6.61 Å². The van der Waals surface area contributed by atoms with Crippen LogP contribution in [0.2, 0.25) is 0 Å². The predicted octanol–water partition coefficient (Wildman–Crippen LogP) is -0.314. The molecular weight excluding hydrogens is 272 g/mol. The van der Waals surface area contributed by atoms with Gasteiger partial charge in [0.15, 0.2) is 5.54 Å². The number of hydrogen-bond acceptors (Lipinski definition) is 4. The molecule has 3 N–H and O–H groups in total. The second kappa shape index (κ2) is 6.85. The van der Waals surface area contributed by atoms with Crippen molar-refractivity contribution in [2.45, 2.75) is 31.3 Å². The number of carbonyl (C=O) groups is 2. The molecule has 0 aromatic carbocycles. The van der Waals surface area contributed by atoms with Gasteiger partial charge in [0, 0.05) is 41.9 Å². The number of hydrogen-bond donors (Lipinski definition) is 3. The molecule has 7 nitrogen and oxygen atoms in total. The Balaban J connectivity index is 2.45. The zero-order valence-electron chi connectivity index (χ0n) is 11.1. The lowest BCUT2D eigenvalue weighted by Crippen LogP contribution is -2.58. The topological polar surface area (TPSA) is 105 Å². The van der Waals surface area contributed by atoms with Gasteiger partial charge in [-0.15, -0.1) is 0 Å². The number of amides is 2. The van der Waals surface area contributed by atoms with Crippen LogP contribution in [0.4, 0.5) is 4.79 Å². The first-order chi connectivity index (χ1) is 8.85. The van der Waals surface area contributed by atoms with Crippen molar-refractivity contribution in [2.75, 3.05) is 25.2 Å². The predicted molar refractivity (Wildman–Crippen MR) is 70.5 cm³/mol. The summed E-state index contributed by atoms with van der Waals surface area (Å²) in [6.45, 7) is 2.07. The first-order valence-electron chi connectivity index (χ1n) is 6.05. The molecule has 8 heteroatoms. The molecule has 0 saturated carbocycles. The summed E-state index contributed by atoms with van der Waals surface area (Å²) in [6, 6.07) is -0.709. The molecule has 0 spiro atoms. The summed E-state index contributed by atoms with van der Waals surface area (Å²) in [4.78, 5) is 22.9. The highest BCUT2D eigenvalue weighted by Gasteiger charge is 2.44. The number of carboxylic acids is 1. The molecule has 0 bridgehead atoms. The quantitative estimate of drug-likeness (QED) is 0.622. The fourth-order valence-corrected chi connectivity index (χ4v) is 2.46. The molecule has 19 heavy (non-hydrogen) atoms. The van der Waals surface area contributed by atoms with E-state index in [2.05, 4.69) is 10.6 Å². The maximum atomic E-state index is 11.7. The normalized spacial score (nSPS) is 25.6. The van der Waals surface area contributed by atoms with Gasteiger partial charge < -0.3 is 20.5 Å². The number of nitrogens with one attached hydrogen (secondary N) is 2. The molecule has 1 rings (SSSR count). The van der Waals surface area contributed by atoms with Crippen LogP contribution in [0.1, 0.15) is 19.8 Å². The largest absolute Gasteiger partial charge is 0.479 e. The van der Waals surface area contributed by atoms with Crippen molar-refractivity contribution in [3.8, 4) is 0 Å². The van der Waals surface area contributed by atoms with Gasteiger partial charge in [0.2, 0.25) is 0 Å². The average Bonchev–Trinajstić information content (AvgIpc) is 2.76. The van der Waals surface area contributed by atoms with E-state index in [0.717, 1.165) is 0 Å². The van der Waals surface area contributed by atoms with E-state index in [9.17, 15) is 13.8 Å². The van der Waals surface area contributed by atoms with Crippen molar-refractivity contribution in [2.24, 2.45) is 0 Å². The lowest BCUT2D eigenvalue weighted by Gasteiger charge is -2.25. The molecule has 2 amide bonds. The smallest absolute Gasteiger partial charge is 0.332 e. The highest BCUT2D eigenvalue weighted by Crippen LogP contribution is 2.18. The van der Waals surface area contributed by atoms with E-state index in [1.165, 1.54) is 0 Å². The molecule has 1 heterocycles. The third-order valence-electron chi connectivity index (χ3n) is 3.00. The van der Waals surface area contributed by atoms with Gasteiger partial charge in [0.1, 0.15) is 0 Å². The van der Waals surface area contributed by atoms with Crippen LogP contribution in [0.5, 0.6) is 0 Å². The molecule has 1 fully saturated rings. The Bertz CT molecular complexity index is 368. The molecule has 3 atom stereocenters. The van der Waals surface area contributed by atoms with Crippen LogP contribution in [0.15, 0.2) is 0 Å². The van der Waals surface area contributed by atoms with Crippen LogP contribution in [0, 0.1) is 0 Å². The molecule has 1 aliphatic heterocycles. The summed E-state index contributed by atoms with van der Waals surface area (Å²) < 4.78 is 16.0. The second-order valence-corrected chi connectivity index (χ2v) is 6.31. The number of aliphatic carboxylic acids is 1. The van der Waals surface area contributed by atoms with Gasteiger partial charge in [-0.05, 0) is 13.3 Å². The Morgan fingerprint density at radius 3 is 2.68 bits per heavy atom. The van der Waals surface area contributed by atoms with E-state index < -0.39 is 28.3 Å². The standard InChI is InChI=1S/C11H20N2O5S/c1-8(3-6-19(2)17)12-10(16)13-11(9(14)15)4-5-18-7-11/h8H,3-7H2,1-2H3,(H,14,15)(H2,12,13,16). The molecule has 110 valence electrons. The molecule has 0 radical (unpaired) electrons. The number of urea groups is 1. The molecule has 0 aliphatic carbocycles. The highest BCUT2D eigenvalue weighted by molar-refractivity contribution is 7.84. The lowest BCUT2D eigenvalue weighted by atomic mass is 9.99. The van der Waals surface area contributed by atoms with E-state index in [1.54, 1.807) is 13.2 Å². The Morgan fingerprint density at radius 1 is 1.53 bits per heavy atom. The molecule has 1 saturated heterocycles. The van der Waals surface area contributed by atoms with Crippen LogP contribution < -0.4 is 10.6 Å². The summed E-state index contributed by atoms with van der Waals surface area (Å²) in [6.07, 6.45) is 2.43. The Hall–Kier alpha value is -1.15. The Kier molecular flexibility index (Phi) is 5.74. The molecule has 1 aliphatic rings. The molecular formula is C11H20N2O5S. The monoisotopic (exact) mass is 292 g/mol. The fraction of sp³-hybridized carbons (Fsp3) is 0.818. The van der Waals surface area contributed by atoms with E-state index in [4.69, 9.17) is 9.84 Å². The fourth-order valence-electron chi connectivity index (χ4n) is 1.78. The maximum Gasteiger partial charge on any atom is 0.332 e. The number of ether oxygens (including phenoxy) is 1. The summed E-state index contributed by atoms with van der Waals surface area (Å²) in [5.41, 5.74) is -1.34. The third-order valence-corrected chi connectivity index (χ3v) is 3.81. The zero-order valence-corrected chi connectivity index (χ0v) is 11.9. The summed E-state index contributed by atoms with van der Waals surface area (Å²) in [5, 5.41) is 14.3. The van der Waals surface area contributed by atoms with Crippen LogP contribution >= 0.6 is 0 Å². The van der Waals surface area contributed by atoms with Crippen molar-refractivity contribution < 1.29 is 23.6 Å². The number of carboxylic acid groups (broad SMARTS) is 1. The van der Waals surface area contributed by atoms with E-state index in [0.29, 0.717) is 18.8 Å². The SMILES string of the molecule is CC(CCS(C)=O)NC(=O)NC1(C(=O)O)CCOC1. The minimum absolute atomic E-state index is 0.0247. The third kappa shape index (κ3) is 4.79.